The fraction of sp³-hybridized carbons (Fsp3) is 0.700. The van der Waals surface area contributed by atoms with Crippen molar-refractivity contribution in [2.75, 3.05) is 12.3 Å². The van der Waals surface area contributed by atoms with Crippen molar-refractivity contribution in [3.8, 4) is 0 Å². The molecule has 5 N–H and O–H groups in total. The zero-order valence-electron chi connectivity index (χ0n) is 17.5. The lowest BCUT2D eigenvalue weighted by Crippen LogP contribution is -2.40. The van der Waals surface area contributed by atoms with Gasteiger partial charge < -0.3 is 35.5 Å². The first kappa shape index (κ1) is 24.6. The first-order valence-electron chi connectivity index (χ1n) is 9.51. The molecule has 0 aliphatic rings. The molecule has 28 heavy (non-hydrogen) atoms. The average molecular weight is 400 g/mol. The van der Waals surface area contributed by atoms with Crippen molar-refractivity contribution < 1.29 is 25.3 Å². The number of anilines is 1. The second-order valence-corrected chi connectivity index (χ2v) is 8.19. The third-order valence-corrected chi connectivity index (χ3v) is 5.36. The molecule has 162 valence electrons. The smallest absolute Gasteiger partial charge is 0.119 e. The van der Waals surface area contributed by atoms with Crippen LogP contribution in [0.5, 0.6) is 0 Å². The van der Waals surface area contributed by atoms with Gasteiger partial charge in [0.2, 0.25) is 0 Å². The zero-order valence-corrected chi connectivity index (χ0v) is 17.5. The highest BCUT2D eigenvalue weighted by Crippen LogP contribution is 2.24. The number of allylic oxidation sites excluding steroid dienone is 2. The van der Waals surface area contributed by atoms with Gasteiger partial charge in [0.05, 0.1) is 23.4 Å². The van der Waals surface area contributed by atoms with E-state index in [1.807, 2.05) is 26.8 Å². The molecule has 0 saturated carbocycles. The van der Waals surface area contributed by atoms with E-state index in [0.717, 1.165) is 12.0 Å². The molecule has 0 aromatic carbocycles. The second-order valence-electron chi connectivity index (χ2n) is 8.19. The molecule has 0 radical (unpaired) electrons. The lowest BCUT2D eigenvalue weighted by Gasteiger charge is -2.29. The van der Waals surface area contributed by atoms with E-state index in [-0.39, 0.29) is 17.5 Å². The normalized spacial score (nSPS) is 17.3. The Morgan fingerprint density at radius 1 is 1.32 bits per heavy atom. The number of ether oxygens (including phenoxy) is 1. The summed E-state index contributed by atoms with van der Waals surface area (Å²) in [7, 11) is 1.58. The number of nitrogens with one attached hydrogen (secondary N) is 1. The average Bonchev–Trinajstić information content (AvgIpc) is 3.08. The lowest BCUT2D eigenvalue weighted by molar-refractivity contribution is -0.0797. The number of H-pyrrole nitrogens is 1. The summed E-state index contributed by atoms with van der Waals surface area (Å²) in [4.78, 5) is 2.59. The molecule has 1 unspecified atom stereocenters. The molecule has 1 aromatic rings. The minimum atomic E-state index is -1.30. The highest BCUT2D eigenvalue weighted by atomic mass is 16.8. The van der Waals surface area contributed by atoms with Crippen LogP contribution >= 0.6 is 0 Å². The van der Waals surface area contributed by atoms with E-state index in [2.05, 4.69) is 4.98 Å². The van der Waals surface area contributed by atoms with Crippen molar-refractivity contribution >= 4 is 5.82 Å². The van der Waals surface area contributed by atoms with Crippen molar-refractivity contribution in [3.63, 3.8) is 0 Å². The minimum absolute atomic E-state index is 0.0285. The first-order chi connectivity index (χ1) is 12.9. The quantitative estimate of drug-likeness (QED) is 0.270. The number of aromatic amines is 1. The Morgan fingerprint density at radius 3 is 2.50 bits per heavy atom. The van der Waals surface area contributed by atoms with E-state index in [1.165, 1.54) is 12.3 Å². The Hall–Kier alpha value is -1.42. The fourth-order valence-electron chi connectivity index (χ4n) is 2.82. The van der Waals surface area contributed by atoms with Crippen LogP contribution in [0.25, 0.3) is 0 Å². The molecule has 0 bridgehead atoms. The summed E-state index contributed by atoms with van der Waals surface area (Å²) in [5, 5.41) is 50.4. The van der Waals surface area contributed by atoms with Crippen LogP contribution in [0.4, 0.5) is 5.82 Å². The number of aliphatic hydroxyl groups excluding tert-OH is 2. The third-order valence-electron chi connectivity index (χ3n) is 5.36. The Balaban J connectivity index is 2.48. The summed E-state index contributed by atoms with van der Waals surface area (Å²) in [6, 6.07) is 1.42. The van der Waals surface area contributed by atoms with Crippen LogP contribution in [0.1, 0.15) is 58.9 Å². The number of hydrogen-bond acceptors (Lipinski definition) is 7. The molecule has 3 atom stereocenters. The van der Waals surface area contributed by atoms with Crippen molar-refractivity contribution in [2.45, 2.75) is 83.2 Å². The monoisotopic (exact) mass is 399 g/mol. The Bertz CT molecular complexity index is 624. The van der Waals surface area contributed by atoms with Crippen LogP contribution in [0.15, 0.2) is 23.9 Å². The number of nitrogens with zero attached hydrogens (tertiary/aromatic N) is 1. The SMILES string of the molecule is COC(C)(C)[C@H](O)CC/C(C)=C/CCC(C)(O)[C@@H](O)Cc1c[nH]c(N([O-])O)c1. The summed E-state index contributed by atoms with van der Waals surface area (Å²) < 4.78 is 5.28. The van der Waals surface area contributed by atoms with Gasteiger partial charge in [-0.15, -0.1) is 0 Å². The van der Waals surface area contributed by atoms with Gasteiger partial charge in [-0.2, -0.15) is 0 Å². The molecule has 0 saturated heterocycles. The van der Waals surface area contributed by atoms with Gasteiger partial charge in [-0.05, 0) is 65.0 Å². The topological polar surface area (TPSA) is 132 Å². The number of hydrogen-bond donors (Lipinski definition) is 5. The van der Waals surface area contributed by atoms with Crippen LogP contribution < -0.4 is 5.23 Å². The van der Waals surface area contributed by atoms with Gasteiger partial charge in [-0.3, -0.25) is 5.21 Å². The maximum Gasteiger partial charge on any atom is 0.119 e. The number of methoxy groups -OCH3 is 1. The number of aromatic nitrogens is 1. The van der Waals surface area contributed by atoms with Crippen molar-refractivity contribution in [1.82, 2.24) is 4.98 Å². The fourth-order valence-corrected chi connectivity index (χ4v) is 2.82. The van der Waals surface area contributed by atoms with Crippen LogP contribution in [-0.4, -0.2) is 56.0 Å². The number of rotatable bonds is 12. The largest absolute Gasteiger partial charge is 0.732 e. The van der Waals surface area contributed by atoms with Gasteiger partial charge >= 0.3 is 0 Å². The van der Waals surface area contributed by atoms with Gasteiger partial charge in [0.15, 0.2) is 0 Å². The van der Waals surface area contributed by atoms with E-state index < -0.39 is 23.4 Å². The highest BCUT2D eigenvalue weighted by Gasteiger charge is 2.30. The summed E-state index contributed by atoms with van der Waals surface area (Å²) in [5.74, 6) is -0.0285. The van der Waals surface area contributed by atoms with Crippen molar-refractivity contribution in [3.05, 3.63) is 34.7 Å². The zero-order chi connectivity index (χ0) is 21.5. The maximum absolute atomic E-state index is 10.8. The molecule has 1 aromatic heterocycles. The van der Waals surface area contributed by atoms with E-state index in [9.17, 15) is 20.5 Å². The molecule has 0 aliphatic carbocycles. The van der Waals surface area contributed by atoms with Gasteiger partial charge in [0, 0.05) is 19.7 Å². The molecular formula is C20H35N2O6-. The third kappa shape index (κ3) is 7.54. The lowest BCUT2D eigenvalue weighted by atomic mass is 9.89. The molecule has 1 rings (SSSR count). The predicted octanol–water partition coefficient (Wildman–Crippen LogP) is 2.66. The van der Waals surface area contributed by atoms with Crippen LogP contribution in [0.2, 0.25) is 0 Å². The minimum Gasteiger partial charge on any atom is -0.732 e. The molecule has 0 spiro atoms. The van der Waals surface area contributed by atoms with Crippen molar-refractivity contribution in [1.29, 1.82) is 0 Å². The Labute approximate surface area is 167 Å². The van der Waals surface area contributed by atoms with E-state index in [4.69, 9.17) is 9.94 Å². The van der Waals surface area contributed by atoms with Gasteiger partial charge in [0.25, 0.3) is 0 Å². The Kier molecular flexibility index (Phi) is 9.13. The summed E-state index contributed by atoms with van der Waals surface area (Å²) in [6.07, 6.45) is 4.32. The molecular weight excluding hydrogens is 364 g/mol. The molecule has 1 heterocycles. The maximum atomic E-state index is 10.8. The first-order valence-corrected chi connectivity index (χ1v) is 9.51. The molecule has 8 nitrogen and oxygen atoms in total. The van der Waals surface area contributed by atoms with E-state index >= 15 is 0 Å². The second kappa shape index (κ2) is 10.4. The molecule has 0 fully saturated rings. The standard InChI is InChI=1S/C20H35N2O6/c1-14(8-9-16(23)19(2,3)28-5)7-6-10-20(4,25)17(24)11-15-12-18(21-13-15)22(26)27/h7,12-13,16-17,21,23-26H,6,8-11H2,1-5H3/q-1/b14-7+/t16-,17+,20?/m1/s1. The van der Waals surface area contributed by atoms with Crippen LogP contribution in [-0.2, 0) is 11.2 Å². The van der Waals surface area contributed by atoms with Crippen LogP contribution in [0, 0.1) is 5.21 Å². The summed E-state index contributed by atoms with van der Waals surface area (Å²) in [5.41, 5.74) is -0.183. The van der Waals surface area contributed by atoms with Gasteiger partial charge in [-0.1, -0.05) is 11.6 Å². The molecule has 0 aliphatic heterocycles. The van der Waals surface area contributed by atoms with E-state index in [1.54, 1.807) is 14.0 Å². The van der Waals surface area contributed by atoms with Crippen molar-refractivity contribution in [2.24, 2.45) is 0 Å². The predicted molar refractivity (Wildman–Crippen MR) is 108 cm³/mol. The van der Waals surface area contributed by atoms with E-state index in [0.29, 0.717) is 24.8 Å². The number of aliphatic hydroxyl groups is 3. The molecule has 8 heteroatoms. The molecule has 0 amide bonds. The van der Waals surface area contributed by atoms with Gasteiger partial charge in [0.1, 0.15) is 5.82 Å². The summed E-state index contributed by atoms with van der Waals surface area (Å²) in [6.45, 7) is 7.24. The van der Waals surface area contributed by atoms with Gasteiger partial charge in [-0.25, -0.2) is 0 Å². The van der Waals surface area contributed by atoms with Crippen LogP contribution in [0.3, 0.4) is 0 Å². The summed E-state index contributed by atoms with van der Waals surface area (Å²) >= 11 is 0. The Morgan fingerprint density at radius 2 is 1.96 bits per heavy atom. The highest BCUT2D eigenvalue weighted by molar-refractivity contribution is 5.40.